The van der Waals surface area contributed by atoms with Crippen molar-refractivity contribution in [2.75, 3.05) is 65.7 Å². The molecule has 2 fully saturated rings. The number of fused-ring (bicyclic) bond motifs is 2. The van der Waals surface area contributed by atoms with Gasteiger partial charge in [0.15, 0.2) is 5.96 Å². The monoisotopic (exact) mass is 1570 g/mol. The number of H-pyrrole nitrogens is 1. The molecule has 622 valence electrons. The number of aliphatic hydroxyl groups is 1. The van der Waals surface area contributed by atoms with Crippen LogP contribution in [-0.4, -0.2) is 218 Å². The molecule has 3 heterocycles. The number of primary amides is 2. The van der Waals surface area contributed by atoms with E-state index in [4.69, 9.17) is 32.1 Å². The van der Waals surface area contributed by atoms with E-state index in [1.165, 1.54) is 64.2 Å². The van der Waals surface area contributed by atoms with E-state index in [1.807, 2.05) is 31.2 Å². The van der Waals surface area contributed by atoms with Gasteiger partial charge in [0, 0.05) is 75.3 Å². The van der Waals surface area contributed by atoms with E-state index in [-0.39, 0.29) is 147 Å². The van der Waals surface area contributed by atoms with Gasteiger partial charge in [-0.2, -0.15) is 0 Å². The highest BCUT2D eigenvalue weighted by Gasteiger charge is 2.44. The average Bonchev–Trinajstić information content (AvgIpc) is 1.67. The summed E-state index contributed by atoms with van der Waals surface area (Å²) in [6, 6.07) is 5.13. The Bertz CT molecular complexity index is 3470. The number of aromatic nitrogens is 1. The quantitative estimate of drug-likeness (QED) is 0.0218. The number of nitrogens with one attached hydrogen (secondary N) is 13. The largest absolute Gasteiger partial charge is 0.391 e. The molecule has 5 rings (SSSR count). The molecule has 1 unspecified atom stereocenters. The average molecular weight is 1570 g/mol. The normalized spacial score (nSPS) is 19.7. The number of hydrogen-bond acceptors (Lipinski definition) is 18. The van der Waals surface area contributed by atoms with Crippen molar-refractivity contribution in [1.29, 1.82) is 5.41 Å². The first-order valence-electron chi connectivity index (χ1n) is 40.2. The summed E-state index contributed by atoms with van der Waals surface area (Å²) >= 11 is 0. The molecule has 20 N–H and O–H groups in total. The Hall–Kier alpha value is -9.60. The van der Waals surface area contributed by atoms with Crippen LogP contribution in [0.5, 0.6) is 0 Å². The van der Waals surface area contributed by atoms with Crippen molar-refractivity contribution in [3.8, 4) is 0 Å². The lowest BCUT2D eigenvalue weighted by atomic mass is 10.0. The number of rotatable bonds is 45. The summed E-state index contributed by atoms with van der Waals surface area (Å²) in [4.78, 5) is 183. The Morgan fingerprint density at radius 2 is 1.22 bits per heavy atom. The van der Waals surface area contributed by atoms with Gasteiger partial charge in [0.1, 0.15) is 60.7 Å². The smallest absolute Gasteiger partial charge is 0.246 e. The van der Waals surface area contributed by atoms with Crippen LogP contribution < -0.4 is 75.7 Å². The third kappa shape index (κ3) is 36.7. The molecule has 33 heteroatoms. The van der Waals surface area contributed by atoms with Crippen molar-refractivity contribution in [3.63, 3.8) is 0 Å². The fraction of sp³-hybridized carbons (Fsp3) is 0.646. The number of aliphatic hydroxyl groups excluding tert-OH is 1. The number of guanidine groups is 1. The molecule has 0 aliphatic carbocycles. The van der Waals surface area contributed by atoms with Crippen LogP contribution in [0.3, 0.4) is 0 Å². The number of Topliss-reactive ketones (excluding diaryl/α,β-unsaturated/α-hetero) is 1. The van der Waals surface area contributed by atoms with Crippen molar-refractivity contribution in [3.05, 3.63) is 71.9 Å². The van der Waals surface area contributed by atoms with Gasteiger partial charge in [0.25, 0.3) is 0 Å². The van der Waals surface area contributed by atoms with Crippen LogP contribution in [0.15, 0.2) is 60.8 Å². The molecule has 0 radical (unpaired) electrons. The number of carbonyl (C=O) groups is 13. The summed E-state index contributed by atoms with van der Waals surface area (Å²) in [5, 5.41) is 49.7. The first-order valence-corrected chi connectivity index (χ1v) is 40.2. The van der Waals surface area contributed by atoms with Gasteiger partial charge in [-0.25, -0.2) is 0 Å². The number of ether oxygens (including phenoxy) is 2. The summed E-state index contributed by atoms with van der Waals surface area (Å²) in [5.41, 5.74) is 18.8. The Morgan fingerprint density at radius 1 is 0.607 bits per heavy atom. The van der Waals surface area contributed by atoms with E-state index in [0.717, 1.165) is 35.1 Å². The summed E-state index contributed by atoms with van der Waals surface area (Å²) < 4.78 is 11.2. The molecule has 2 saturated heterocycles. The Labute approximate surface area is 657 Å². The van der Waals surface area contributed by atoms with E-state index in [1.54, 1.807) is 36.5 Å². The topological polar surface area (TPSA) is 514 Å². The van der Waals surface area contributed by atoms with Crippen molar-refractivity contribution < 1.29 is 76.9 Å². The zero-order valence-corrected chi connectivity index (χ0v) is 65.5. The number of carbonyl (C=O) groups excluding carboxylic acids is 13. The highest BCUT2D eigenvalue weighted by atomic mass is 16.5. The maximum absolute atomic E-state index is 15.1. The number of aromatic amines is 1. The highest BCUT2D eigenvalue weighted by Crippen LogP contribution is 2.24. The molecule has 0 spiro atoms. The molecule has 0 saturated carbocycles. The second-order valence-corrected chi connectivity index (χ2v) is 29.1. The van der Waals surface area contributed by atoms with E-state index in [0.29, 0.717) is 43.2 Å². The van der Waals surface area contributed by atoms with Crippen LogP contribution in [0.2, 0.25) is 0 Å². The second-order valence-electron chi connectivity index (χ2n) is 29.1. The summed E-state index contributed by atoms with van der Waals surface area (Å²) in [7, 11) is 0. The van der Waals surface area contributed by atoms with E-state index < -0.39 is 133 Å². The maximum Gasteiger partial charge on any atom is 0.246 e. The van der Waals surface area contributed by atoms with Crippen molar-refractivity contribution in [2.45, 2.75) is 261 Å². The number of nitrogens with two attached hydrogens (primary N) is 3. The number of ketones is 1. The van der Waals surface area contributed by atoms with Gasteiger partial charge in [-0.15, -0.1) is 0 Å². The van der Waals surface area contributed by atoms with E-state index in [2.05, 4.69) is 70.4 Å². The molecule has 33 nitrogen and oxygen atoms in total. The molecule has 2 aromatic carbocycles. The Balaban J connectivity index is 1.21. The lowest BCUT2D eigenvalue weighted by molar-refractivity contribution is -0.143. The standard InChI is InChI=1S/C79H125N17O16/c1-3-5-7-8-9-10-11-12-13-14-15-16-17-21-34-68(100)88-50-69(101)89-62(37-38-67(80)99)72(104)85-41-42-111-43-44-112-52-70(102)90-60(30-6-4-2)73(105)93-63-36-35-55(97)49-84-39-25-24-32-59(71(81)103)91-76(108)65(46-54-48-87-58-31-23-22-29-57(54)58)94-74(106)61(33-26-40-86-79(82)83)92-75(107)64(45-53-27-19-18-20-28-53)95-77(109)66-47-56(98)51-96(66)78(63)110/h18-20,22-23,27-29,31,48,56,59-66,84,87,98H,3-17,21,24-26,30,32-47,49-52H2,1-2H3,(H2,80,99)(H2,81,103)(H,85,104)(H,88,100)(H,89,101)(H,90,102)(H,91,108)(H,92,107)(H,93,105)(H,94,106)(H,95,109)(H4,82,83,86)/t56-,59+,60+,61+,62+,63+,64?,65+,66+/m1/s1. The van der Waals surface area contributed by atoms with E-state index >= 15 is 4.79 Å². The number of nitrogens with zero attached hydrogens (tertiary/aromatic N) is 1. The van der Waals surface area contributed by atoms with Crippen LogP contribution in [0.25, 0.3) is 10.9 Å². The molecule has 2 aliphatic heterocycles. The predicted octanol–water partition coefficient (Wildman–Crippen LogP) is 1.77. The van der Waals surface area contributed by atoms with Gasteiger partial charge in [-0.3, -0.25) is 67.7 Å². The summed E-state index contributed by atoms with van der Waals surface area (Å²) in [6.45, 7) is 2.78. The predicted molar refractivity (Wildman–Crippen MR) is 422 cm³/mol. The third-order valence-corrected chi connectivity index (χ3v) is 19.7. The van der Waals surface area contributed by atoms with Gasteiger partial charge < -0.3 is 100 Å². The van der Waals surface area contributed by atoms with Gasteiger partial charge in [-0.1, -0.05) is 159 Å². The minimum absolute atomic E-state index is 0.0191. The molecular weight excluding hydrogens is 1440 g/mol. The number of benzene rings is 2. The first kappa shape index (κ1) is 93.0. The highest BCUT2D eigenvalue weighted by molar-refractivity contribution is 5.99. The lowest BCUT2D eigenvalue weighted by Crippen LogP contribution is -2.60. The number of amides is 12. The number of unbranched alkanes of at least 4 members (excludes halogenated alkanes) is 14. The van der Waals surface area contributed by atoms with Crippen LogP contribution in [0.4, 0.5) is 0 Å². The molecule has 0 bridgehead atoms. The molecule has 112 heavy (non-hydrogen) atoms. The van der Waals surface area contributed by atoms with Crippen LogP contribution >= 0.6 is 0 Å². The minimum Gasteiger partial charge on any atom is -0.391 e. The zero-order valence-electron chi connectivity index (χ0n) is 65.5. The lowest BCUT2D eigenvalue weighted by Gasteiger charge is -2.31. The SMILES string of the molecule is CCCCCCCCCCCCCCCCC(=O)NCC(=O)N[C@@H](CCC(N)=O)C(=O)NCCOCCOCC(=O)N[C@@H](CCCC)C(=O)N[C@H]1CCC(=O)CNCCCC[C@@H](C(N)=O)NC(=O)[C@H](Cc2c[nH]c3ccccc23)NC(=O)[C@H](CCCNC(=N)N)NC(=O)C(Cc2ccccc2)NC(=O)[C@@H]2C[C@@H](O)CN2C1=O. The van der Waals surface area contributed by atoms with Gasteiger partial charge in [-0.05, 0) is 81.5 Å². The van der Waals surface area contributed by atoms with Crippen LogP contribution in [0.1, 0.15) is 205 Å². The molecule has 2 aliphatic rings. The second kappa shape index (κ2) is 53.4. The molecular formula is C79H125N17O16. The number of para-hydroxylation sites is 1. The zero-order chi connectivity index (χ0) is 81.4. The van der Waals surface area contributed by atoms with E-state index in [9.17, 15) is 62.6 Å². The van der Waals surface area contributed by atoms with Gasteiger partial charge in [0.05, 0.1) is 39.0 Å². The maximum atomic E-state index is 15.1. The molecule has 1 aromatic heterocycles. The molecule has 12 amide bonds. The Morgan fingerprint density at radius 3 is 1.91 bits per heavy atom. The van der Waals surface area contributed by atoms with Gasteiger partial charge in [0.2, 0.25) is 70.9 Å². The van der Waals surface area contributed by atoms with Crippen molar-refractivity contribution >= 4 is 93.5 Å². The molecule has 9 atom stereocenters. The fourth-order valence-corrected chi connectivity index (χ4v) is 13.4. The third-order valence-electron chi connectivity index (χ3n) is 19.7. The molecule has 3 aromatic rings. The summed E-state index contributed by atoms with van der Waals surface area (Å²) in [5.74, 6) is -9.46. The fourth-order valence-electron chi connectivity index (χ4n) is 13.4. The Kier molecular flexibility index (Phi) is 44.3. The van der Waals surface area contributed by atoms with Crippen LogP contribution in [0, 0.1) is 5.41 Å². The number of hydrogen-bond donors (Lipinski definition) is 17. The first-order chi connectivity index (χ1) is 54.0. The minimum atomic E-state index is -1.51. The van der Waals surface area contributed by atoms with Crippen molar-refractivity contribution in [2.24, 2.45) is 17.2 Å². The van der Waals surface area contributed by atoms with Crippen LogP contribution in [-0.2, 0) is 84.6 Å². The van der Waals surface area contributed by atoms with Gasteiger partial charge >= 0.3 is 0 Å². The summed E-state index contributed by atoms with van der Waals surface area (Å²) in [6.07, 6.45) is 17.9. The van der Waals surface area contributed by atoms with Crippen molar-refractivity contribution in [1.82, 2.24) is 68.4 Å².